The smallest absolute Gasteiger partial charge is 0.387 e. The van der Waals surface area contributed by atoms with Gasteiger partial charge in [-0.2, -0.15) is 19.0 Å². The average molecular weight is 588 g/mol. The van der Waals surface area contributed by atoms with Crippen LogP contribution >= 0.6 is 0 Å². The Morgan fingerprint density at radius 3 is 2.79 bits per heavy atom. The summed E-state index contributed by atoms with van der Waals surface area (Å²) in [4.78, 5) is 19.5. The summed E-state index contributed by atoms with van der Waals surface area (Å²) >= 11 is 0. The SMILES string of the molecule is CN(C)CCn1nnnc1Cn1cc(NC(=O)c2cnn3cccnc23)c(-c2cc(CC(F)F)ccc2OC(F)F)n1. The fourth-order valence-corrected chi connectivity index (χ4v) is 4.19. The number of rotatable bonds is 12. The zero-order chi connectivity index (χ0) is 29.8. The highest BCUT2D eigenvalue weighted by Crippen LogP contribution is 2.36. The Kier molecular flexibility index (Phi) is 8.37. The first-order valence-electron chi connectivity index (χ1n) is 12.6. The molecular weight excluding hydrogens is 562 g/mol. The highest BCUT2D eigenvalue weighted by Gasteiger charge is 2.23. The Labute approximate surface area is 235 Å². The number of ether oxygens (including phenoxy) is 1. The molecule has 4 aromatic heterocycles. The first kappa shape index (κ1) is 28.6. The van der Waals surface area contributed by atoms with Crippen molar-refractivity contribution in [3.63, 3.8) is 0 Å². The summed E-state index contributed by atoms with van der Waals surface area (Å²) in [5.74, 6) is -0.483. The van der Waals surface area contributed by atoms with E-state index >= 15 is 0 Å². The second kappa shape index (κ2) is 12.3. The zero-order valence-electron chi connectivity index (χ0n) is 22.4. The molecule has 0 aliphatic rings. The number of benzene rings is 1. The first-order valence-corrected chi connectivity index (χ1v) is 12.6. The Hall–Kier alpha value is -4.93. The third kappa shape index (κ3) is 6.51. The van der Waals surface area contributed by atoms with Gasteiger partial charge in [-0.25, -0.2) is 23.0 Å². The molecule has 220 valence electrons. The second-order valence-corrected chi connectivity index (χ2v) is 9.41. The van der Waals surface area contributed by atoms with Crippen LogP contribution in [0.3, 0.4) is 0 Å². The van der Waals surface area contributed by atoms with Crippen LogP contribution in [0.5, 0.6) is 5.75 Å². The molecule has 0 unspecified atom stereocenters. The number of fused-ring (bicyclic) bond motifs is 1. The molecule has 42 heavy (non-hydrogen) atoms. The summed E-state index contributed by atoms with van der Waals surface area (Å²) in [7, 11) is 3.80. The van der Waals surface area contributed by atoms with Crippen molar-refractivity contribution in [3.05, 3.63) is 66.0 Å². The number of hydrogen-bond acceptors (Lipinski definition) is 9. The van der Waals surface area contributed by atoms with E-state index in [0.717, 1.165) is 0 Å². The van der Waals surface area contributed by atoms with Gasteiger partial charge in [-0.1, -0.05) is 6.07 Å². The van der Waals surface area contributed by atoms with Crippen molar-refractivity contribution in [3.8, 4) is 17.0 Å². The highest BCUT2D eigenvalue weighted by atomic mass is 19.3. The lowest BCUT2D eigenvalue weighted by Crippen LogP contribution is -2.21. The normalized spacial score (nSPS) is 11.7. The lowest BCUT2D eigenvalue weighted by atomic mass is 10.0. The number of hydrogen-bond donors (Lipinski definition) is 1. The predicted octanol–water partition coefficient (Wildman–Crippen LogP) is 2.85. The van der Waals surface area contributed by atoms with Gasteiger partial charge in [0.15, 0.2) is 11.5 Å². The van der Waals surface area contributed by atoms with Gasteiger partial charge >= 0.3 is 6.61 Å². The molecule has 1 aromatic carbocycles. The van der Waals surface area contributed by atoms with E-state index in [-0.39, 0.29) is 46.0 Å². The molecule has 1 amide bonds. The average Bonchev–Trinajstić information content (AvgIpc) is 3.66. The molecule has 0 saturated carbocycles. The minimum absolute atomic E-state index is 0.00636. The van der Waals surface area contributed by atoms with Crippen LogP contribution in [0.1, 0.15) is 21.7 Å². The van der Waals surface area contributed by atoms with E-state index in [1.807, 2.05) is 19.0 Å². The molecule has 0 saturated heterocycles. The van der Waals surface area contributed by atoms with Gasteiger partial charge in [-0.15, -0.1) is 5.10 Å². The topological polar surface area (TPSA) is 133 Å². The standard InChI is InChI=1S/C25H25F4N11O2/c1-37(2)8-9-39-21(33-35-36-39)14-38-13-18(32-24(41)17-12-31-40-7-3-6-30-23(17)40)22(34-38)16-10-15(11-20(26)27)4-5-19(16)42-25(28)29/h3-7,10,12-13,20,25H,8-9,11,14H2,1-2H3,(H,32,41). The molecular formula is C25H25F4N11O2. The summed E-state index contributed by atoms with van der Waals surface area (Å²) in [5.41, 5.74) is 0.658. The molecule has 0 aliphatic carbocycles. The Balaban J connectivity index is 1.56. The Morgan fingerprint density at radius 2 is 2.02 bits per heavy atom. The number of aromatic nitrogens is 9. The summed E-state index contributed by atoms with van der Waals surface area (Å²) in [6.07, 6.45) is 2.60. The summed E-state index contributed by atoms with van der Waals surface area (Å²) in [5, 5.41) is 23.1. The van der Waals surface area contributed by atoms with Crippen LogP contribution in [-0.2, 0) is 19.5 Å². The molecule has 0 bridgehead atoms. The number of amides is 1. The number of nitrogens with one attached hydrogen (secondary N) is 1. The van der Waals surface area contributed by atoms with Crippen molar-refractivity contribution >= 4 is 17.2 Å². The predicted molar refractivity (Wildman–Crippen MR) is 140 cm³/mol. The molecule has 1 N–H and O–H groups in total. The lowest BCUT2D eigenvalue weighted by molar-refractivity contribution is -0.0494. The third-order valence-corrected chi connectivity index (χ3v) is 6.11. The molecule has 0 radical (unpaired) electrons. The molecule has 0 fully saturated rings. The molecule has 4 heterocycles. The van der Waals surface area contributed by atoms with Gasteiger partial charge in [0.1, 0.15) is 23.6 Å². The number of carbonyl (C=O) groups excluding carboxylic acids is 1. The fourth-order valence-electron chi connectivity index (χ4n) is 4.19. The van der Waals surface area contributed by atoms with Crippen LogP contribution in [0, 0.1) is 0 Å². The van der Waals surface area contributed by atoms with Crippen LogP contribution in [-0.4, -0.2) is 89.1 Å². The number of alkyl halides is 4. The van der Waals surface area contributed by atoms with Gasteiger partial charge in [-0.05, 0) is 48.3 Å². The van der Waals surface area contributed by atoms with E-state index in [2.05, 4.69) is 36.0 Å². The molecule has 0 aliphatic heterocycles. The maximum absolute atomic E-state index is 13.3. The van der Waals surface area contributed by atoms with Crippen molar-refractivity contribution in [2.45, 2.75) is 32.5 Å². The number of nitrogens with zero attached hydrogens (tertiary/aromatic N) is 10. The Bertz CT molecular complexity index is 1680. The largest absolute Gasteiger partial charge is 0.434 e. The van der Waals surface area contributed by atoms with Gasteiger partial charge in [0.05, 0.1) is 18.4 Å². The summed E-state index contributed by atoms with van der Waals surface area (Å²) < 4.78 is 62.1. The van der Waals surface area contributed by atoms with Gasteiger partial charge < -0.3 is 15.0 Å². The molecule has 13 nitrogen and oxygen atoms in total. The van der Waals surface area contributed by atoms with Crippen LogP contribution in [0.25, 0.3) is 16.9 Å². The van der Waals surface area contributed by atoms with Crippen molar-refractivity contribution in [1.29, 1.82) is 0 Å². The third-order valence-electron chi connectivity index (χ3n) is 6.11. The number of carbonyl (C=O) groups is 1. The fraction of sp³-hybridized carbons (Fsp3) is 0.320. The second-order valence-electron chi connectivity index (χ2n) is 9.41. The van der Waals surface area contributed by atoms with Crippen molar-refractivity contribution in [1.82, 2.24) is 49.5 Å². The van der Waals surface area contributed by atoms with Crippen LogP contribution < -0.4 is 10.1 Å². The van der Waals surface area contributed by atoms with Crippen LogP contribution in [0.4, 0.5) is 23.2 Å². The monoisotopic (exact) mass is 587 g/mol. The van der Waals surface area contributed by atoms with E-state index in [9.17, 15) is 22.4 Å². The Morgan fingerprint density at radius 1 is 1.19 bits per heavy atom. The van der Waals surface area contributed by atoms with E-state index in [4.69, 9.17) is 4.74 Å². The van der Waals surface area contributed by atoms with Gasteiger partial charge in [-0.3, -0.25) is 9.48 Å². The maximum atomic E-state index is 13.3. The summed E-state index contributed by atoms with van der Waals surface area (Å²) in [6.45, 7) is -2.01. The van der Waals surface area contributed by atoms with Gasteiger partial charge in [0.25, 0.3) is 5.91 Å². The number of anilines is 1. The van der Waals surface area contributed by atoms with Gasteiger partial charge in [0.2, 0.25) is 6.43 Å². The molecule has 17 heteroatoms. The van der Waals surface area contributed by atoms with Crippen LogP contribution in [0.2, 0.25) is 0 Å². The molecule has 5 aromatic rings. The first-order chi connectivity index (χ1) is 20.2. The number of tetrazole rings is 1. The van der Waals surface area contributed by atoms with E-state index in [1.165, 1.54) is 46.0 Å². The van der Waals surface area contributed by atoms with Crippen molar-refractivity contribution in [2.24, 2.45) is 0 Å². The maximum Gasteiger partial charge on any atom is 0.387 e. The summed E-state index contributed by atoms with van der Waals surface area (Å²) in [6, 6.07) is 5.37. The number of halogens is 4. The molecule has 0 atom stereocenters. The molecule has 5 rings (SSSR count). The van der Waals surface area contributed by atoms with E-state index in [1.54, 1.807) is 16.9 Å². The number of likely N-dealkylation sites (N-methyl/N-ethyl adjacent to an activating group) is 1. The van der Waals surface area contributed by atoms with Crippen LogP contribution in [0.15, 0.2) is 49.1 Å². The van der Waals surface area contributed by atoms with Gasteiger partial charge in [0, 0.05) is 37.1 Å². The van der Waals surface area contributed by atoms with Crippen molar-refractivity contribution in [2.75, 3.05) is 26.0 Å². The zero-order valence-corrected chi connectivity index (χ0v) is 22.4. The quantitative estimate of drug-likeness (QED) is 0.219. The lowest BCUT2D eigenvalue weighted by Gasteiger charge is -2.13. The minimum atomic E-state index is -3.20. The van der Waals surface area contributed by atoms with E-state index < -0.39 is 25.4 Å². The molecule has 0 spiro atoms. The van der Waals surface area contributed by atoms with Crippen molar-refractivity contribution < 1.29 is 27.1 Å². The van der Waals surface area contributed by atoms with E-state index in [0.29, 0.717) is 18.9 Å². The highest BCUT2D eigenvalue weighted by molar-refractivity contribution is 6.09. The minimum Gasteiger partial charge on any atom is -0.434 e.